The van der Waals surface area contributed by atoms with Gasteiger partial charge in [-0.15, -0.1) is 10.2 Å². The third-order valence-electron chi connectivity index (χ3n) is 6.35. The van der Waals surface area contributed by atoms with Crippen molar-refractivity contribution in [1.29, 1.82) is 0 Å². The number of fused-ring (bicyclic) bond motifs is 4. The highest BCUT2D eigenvalue weighted by molar-refractivity contribution is 9.10. The number of ether oxygens (including phenoxy) is 1. The molecule has 4 rings (SSSR count). The average Bonchev–Trinajstić information content (AvgIpc) is 3.08. The first-order valence-corrected chi connectivity index (χ1v) is 12.2. The number of nitrogens with one attached hydrogen (secondary N) is 1. The number of nitrogens with zero attached hydrogens (tertiary/aromatic N) is 1. The van der Waals surface area contributed by atoms with Crippen LogP contribution in [0.2, 0.25) is 0 Å². The summed E-state index contributed by atoms with van der Waals surface area (Å²) in [5, 5.41) is 1.32. The van der Waals surface area contributed by atoms with Gasteiger partial charge < -0.3 is 9.72 Å². The lowest BCUT2D eigenvalue weighted by Gasteiger charge is -2.37. The lowest BCUT2D eigenvalue weighted by molar-refractivity contribution is -2.00. The number of rotatable bonds is 4. The van der Waals surface area contributed by atoms with Gasteiger partial charge in [0.25, 0.3) is 0 Å². The Kier molecular flexibility index (Phi) is 7.45. The minimum atomic E-state index is -4.94. The molecule has 0 bridgehead atoms. The summed E-state index contributed by atoms with van der Waals surface area (Å²) in [7, 11) is -3.46. The van der Waals surface area contributed by atoms with Gasteiger partial charge in [0.2, 0.25) is 5.71 Å². The molecule has 1 unspecified atom stereocenters. The number of benzene rings is 1. The van der Waals surface area contributed by atoms with Gasteiger partial charge in [0.15, 0.2) is 0 Å². The van der Waals surface area contributed by atoms with E-state index < -0.39 is 10.2 Å². The normalized spacial score (nSPS) is 20.6. The van der Waals surface area contributed by atoms with E-state index in [1.807, 2.05) is 0 Å². The minimum absolute atomic E-state index is 0.0553. The van der Waals surface area contributed by atoms with Crippen LogP contribution in [0.4, 0.5) is 0 Å². The monoisotopic (exact) mass is 516 g/mol. The Morgan fingerprint density at radius 2 is 2.00 bits per heavy atom. The molecule has 1 N–H and O–H groups in total. The Morgan fingerprint density at radius 1 is 1.29 bits per heavy atom. The van der Waals surface area contributed by atoms with Crippen LogP contribution in [0.3, 0.4) is 0 Å². The second-order valence-electron chi connectivity index (χ2n) is 7.95. The molecule has 0 fully saturated rings. The zero-order chi connectivity index (χ0) is 22.8. The fraction of sp³-hybridized carbons (Fsp3) is 0.524. The van der Waals surface area contributed by atoms with E-state index in [4.69, 9.17) is 23.4 Å². The standard InChI is InChI=1S/C21H25BrN2O2.ClHO4/c1-3-21(10-7-18(25)26-2)9-4-11-24-12-8-15-16-13-14(22)5-6-17(16)23-19(15)20(21)24;2-1(3,4)5/h5-6,13H,3-4,7-12H2,1-2H3;(H,2,3,4,5). The maximum atomic E-state index is 11.8. The molecule has 0 spiro atoms. The quantitative estimate of drug-likeness (QED) is 0.436. The smallest absolute Gasteiger partial charge is 0.305 e. The summed E-state index contributed by atoms with van der Waals surface area (Å²) in [4.78, 5) is 15.6. The van der Waals surface area contributed by atoms with Gasteiger partial charge in [-0.1, -0.05) is 22.9 Å². The molecule has 1 aromatic heterocycles. The molecule has 0 radical (unpaired) electrons. The van der Waals surface area contributed by atoms with E-state index in [1.165, 1.54) is 41.4 Å². The van der Waals surface area contributed by atoms with E-state index in [-0.39, 0.29) is 11.4 Å². The number of esters is 1. The molecule has 2 aromatic rings. The van der Waals surface area contributed by atoms with Gasteiger partial charge in [-0.25, -0.2) is 23.2 Å². The first-order valence-electron chi connectivity index (χ1n) is 10.2. The van der Waals surface area contributed by atoms with Crippen LogP contribution < -0.4 is 18.6 Å². The Labute approximate surface area is 191 Å². The fourth-order valence-electron chi connectivity index (χ4n) is 4.96. The number of carbonyl (C=O) groups excluding carboxylic acids is 1. The number of carbonyl (C=O) groups is 1. The maximum absolute atomic E-state index is 11.8. The average molecular weight is 518 g/mol. The van der Waals surface area contributed by atoms with Gasteiger partial charge in [-0.2, -0.15) is 0 Å². The van der Waals surface area contributed by atoms with E-state index in [2.05, 4.69) is 50.6 Å². The van der Waals surface area contributed by atoms with Crippen LogP contribution >= 0.6 is 15.9 Å². The molecule has 0 amide bonds. The van der Waals surface area contributed by atoms with Crippen molar-refractivity contribution in [3.8, 4) is 0 Å². The van der Waals surface area contributed by atoms with Crippen LogP contribution in [0.15, 0.2) is 22.7 Å². The SMILES string of the molecule is CCC1(CCC(=O)OC)CCC[N+]2=C1c1[nH]c3ccc(Br)cc3c1CC2.[O-][Cl+3]([O-])([O-])[O-]. The maximum Gasteiger partial charge on any atom is 0.305 e. The second kappa shape index (κ2) is 9.56. The number of methoxy groups -OCH3 is 1. The molecule has 0 saturated carbocycles. The molecule has 2 aliphatic rings. The predicted molar refractivity (Wildman–Crippen MR) is 107 cm³/mol. The van der Waals surface area contributed by atoms with E-state index in [0.29, 0.717) is 6.42 Å². The van der Waals surface area contributed by atoms with Crippen molar-refractivity contribution in [1.82, 2.24) is 4.98 Å². The van der Waals surface area contributed by atoms with Crippen molar-refractivity contribution in [3.05, 3.63) is 33.9 Å². The van der Waals surface area contributed by atoms with Gasteiger partial charge >= 0.3 is 5.97 Å². The molecule has 31 heavy (non-hydrogen) atoms. The zero-order valence-corrected chi connectivity index (χ0v) is 19.9. The molecule has 10 heteroatoms. The summed E-state index contributed by atoms with van der Waals surface area (Å²) in [5.41, 5.74) is 5.43. The van der Waals surface area contributed by atoms with E-state index >= 15 is 0 Å². The van der Waals surface area contributed by atoms with Gasteiger partial charge in [0, 0.05) is 34.6 Å². The lowest BCUT2D eigenvalue weighted by atomic mass is 9.68. The van der Waals surface area contributed by atoms with Gasteiger partial charge in [0.1, 0.15) is 18.8 Å². The molecule has 8 nitrogen and oxygen atoms in total. The van der Waals surface area contributed by atoms with Crippen molar-refractivity contribution in [2.45, 2.75) is 45.4 Å². The van der Waals surface area contributed by atoms with Crippen LogP contribution in [-0.4, -0.2) is 41.4 Å². The summed E-state index contributed by atoms with van der Waals surface area (Å²) in [6.07, 6.45) is 5.81. The molecular weight excluding hydrogens is 492 g/mol. The number of hydrogen-bond donors (Lipinski definition) is 1. The van der Waals surface area contributed by atoms with Gasteiger partial charge in [0.05, 0.1) is 12.5 Å². The Morgan fingerprint density at radius 3 is 2.65 bits per heavy atom. The first kappa shape index (κ1) is 24.2. The summed E-state index contributed by atoms with van der Waals surface area (Å²) in [5.74, 6) is -0.104. The summed E-state index contributed by atoms with van der Waals surface area (Å²) in [6.45, 7) is 4.46. The van der Waals surface area contributed by atoms with Gasteiger partial charge in [-0.3, -0.25) is 4.79 Å². The summed E-state index contributed by atoms with van der Waals surface area (Å²) < 4.78 is 42.6. The third kappa shape index (κ3) is 5.47. The van der Waals surface area contributed by atoms with Crippen molar-refractivity contribution in [2.75, 3.05) is 20.2 Å². The second-order valence-corrected chi connectivity index (χ2v) is 9.62. The van der Waals surface area contributed by atoms with Crippen molar-refractivity contribution in [2.24, 2.45) is 5.41 Å². The van der Waals surface area contributed by atoms with Crippen molar-refractivity contribution >= 4 is 38.5 Å². The van der Waals surface area contributed by atoms with Crippen LogP contribution in [0.5, 0.6) is 0 Å². The number of H-pyrrole nitrogens is 1. The van der Waals surface area contributed by atoms with Crippen LogP contribution in [0, 0.1) is 15.7 Å². The minimum Gasteiger partial charge on any atom is -0.469 e. The predicted octanol–water partition coefficient (Wildman–Crippen LogP) is -0.324. The molecular formula is C21H26BrClN2O6. The Bertz CT molecular complexity index is 994. The summed E-state index contributed by atoms with van der Waals surface area (Å²) >= 11 is 3.62. The fourth-order valence-corrected chi connectivity index (χ4v) is 5.32. The zero-order valence-electron chi connectivity index (χ0n) is 17.5. The highest BCUT2D eigenvalue weighted by atomic mass is 79.9. The molecule has 170 valence electrons. The third-order valence-corrected chi connectivity index (χ3v) is 6.84. The topological polar surface area (TPSA) is 137 Å². The largest absolute Gasteiger partial charge is 0.469 e. The van der Waals surface area contributed by atoms with E-state index in [0.717, 1.165) is 43.2 Å². The molecule has 0 aliphatic carbocycles. The Balaban J connectivity index is 0.000000491. The highest BCUT2D eigenvalue weighted by Crippen LogP contribution is 2.43. The number of aromatic amines is 1. The van der Waals surface area contributed by atoms with Crippen molar-refractivity contribution in [3.63, 3.8) is 0 Å². The van der Waals surface area contributed by atoms with E-state index in [9.17, 15) is 4.79 Å². The van der Waals surface area contributed by atoms with E-state index in [1.54, 1.807) is 0 Å². The molecule has 1 atom stereocenters. The lowest BCUT2D eigenvalue weighted by Crippen LogP contribution is -2.68. The molecule has 2 aliphatic heterocycles. The van der Waals surface area contributed by atoms with Gasteiger partial charge in [-0.05, 0) is 43.0 Å². The summed E-state index contributed by atoms with van der Waals surface area (Å²) in [6, 6.07) is 6.48. The first-order chi connectivity index (χ1) is 14.6. The highest BCUT2D eigenvalue weighted by Gasteiger charge is 2.47. The molecule has 3 heterocycles. The van der Waals surface area contributed by atoms with Crippen LogP contribution in [0.25, 0.3) is 10.9 Å². The van der Waals surface area contributed by atoms with Crippen LogP contribution in [-0.2, 0) is 16.0 Å². The number of aromatic nitrogens is 1. The van der Waals surface area contributed by atoms with Crippen molar-refractivity contribution < 1.29 is 43.0 Å². The molecule has 0 saturated heterocycles. The molecule has 1 aromatic carbocycles. The number of halogens is 2. The Hall–Kier alpha value is -1.49. The van der Waals surface area contributed by atoms with Crippen LogP contribution in [0.1, 0.15) is 50.3 Å². The number of hydrogen-bond acceptors (Lipinski definition) is 6.